The molecule has 2 nitrogen and oxygen atoms in total. The maximum Gasteiger partial charge on any atom is 0.145 e. The summed E-state index contributed by atoms with van der Waals surface area (Å²) < 4.78 is 2.06. The zero-order valence-corrected chi connectivity index (χ0v) is 13.2. The molecule has 1 aromatic heterocycles. The Labute approximate surface area is 137 Å². The molecule has 2 rings (SSSR count). The molecule has 114 valence electrons. The maximum atomic E-state index is 4.55. The van der Waals surface area contributed by atoms with Gasteiger partial charge in [0, 0.05) is 22.9 Å². The second-order valence-corrected chi connectivity index (χ2v) is 4.72. The summed E-state index contributed by atoms with van der Waals surface area (Å²) in [5.74, 6) is 0.805. The standard InChI is InChI=1S/C21H20N2/c1-5-9-10-13-17(7-3)23-20-15-12-11-14-19(20)18(8-4)21(23)22-16-6-2/h5-16H,1-4H2/b10-9-,17-13+,22-16?. The van der Waals surface area contributed by atoms with Crippen molar-refractivity contribution in [3.63, 3.8) is 0 Å². The van der Waals surface area contributed by atoms with Crippen LogP contribution in [0.25, 0.3) is 22.7 Å². The molecule has 0 bridgehead atoms. The van der Waals surface area contributed by atoms with Gasteiger partial charge in [-0.05, 0) is 18.2 Å². The summed E-state index contributed by atoms with van der Waals surface area (Å²) in [4.78, 5) is 4.55. The summed E-state index contributed by atoms with van der Waals surface area (Å²) in [6.07, 6.45) is 14.5. The fourth-order valence-corrected chi connectivity index (χ4v) is 2.43. The lowest BCUT2D eigenvalue weighted by atomic mass is 10.1. The average Bonchev–Trinajstić information content (AvgIpc) is 2.90. The van der Waals surface area contributed by atoms with Gasteiger partial charge in [0.15, 0.2) is 0 Å². The van der Waals surface area contributed by atoms with E-state index in [1.165, 1.54) is 0 Å². The van der Waals surface area contributed by atoms with Gasteiger partial charge >= 0.3 is 0 Å². The average molecular weight is 300 g/mol. The summed E-state index contributed by atoms with van der Waals surface area (Å²) in [5, 5.41) is 1.10. The molecule has 0 unspecified atom stereocenters. The Morgan fingerprint density at radius 1 is 1.00 bits per heavy atom. The Morgan fingerprint density at radius 3 is 2.43 bits per heavy atom. The van der Waals surface area contributed by atoms with Gasteiger partial charge in [0.05, 0.1) is 5.52 Å². The predicted molar refractivity (Wildman–Crippen MR) is 104 cm³/mol. The van der Waals surface area contributed by atoms with Crippen LogP contribution in [-0.2, 0) is 0 Å². The molecule has 23 heavy (non-hydrogen) atoms. The zero-order chi connectivity index (χ0) is 16.7. The molecule has 0 amide bonds. The normalized spacial score (nSPS) is 12.1. The Kier molecular flexibility index (Phi) is 5.48. The molecule has 2 aromatic rings. The van der Waals surface area contributed by atoms with E-state index in [1.54, 1.807) is 24.4 Å². The maximum absolute atomic E-state index is 4.55. The smallest absolute Gasteiger partial charge is 0.145 e. The SMILES string of the molecule is C=CC=Nc1c(C=C)c2ccccc2n1/C(C=C)=C/C=C\C=C. The molecule has 0 aliphatic heterocycles. The summed E-state index contributed by atoms with van der Waals surface area (Å²) >= 11 is 0. The van der Waals surface area contributed by atoms with Gasteiger partial charge in [-0.1, -0.05) is 74.9 Å². The number of hydrogen-bond acceptors (Lipinski definition) is 1. The molecule has 2 heteroatoms. The molecule has 0 aliphatic rings. The van der Waals surface area contributed by atoms with Crippen LogP contribution in [0.5, 0.6) is 0 Å². The molecule has 0 aliphatic carbocycles. The molecule has 1 aromatic carbocycles. The van der Waals surface area contributed by atoms with E-state index in [4.69, 9.17) is 0 Å². The highest BCUT2D eigenvalue weighted by atomic mass is 15.1. The zero-order valence-electron chi connectivity index (χ0n) is 13.2. The van der Waals surface area contributed by atoms with Gasteiger partial charge in [-0.15, -0.1) is 0 Å². The Balaban J connectivity index is 2.86. The molecule has 0 saturated heterocycles. The van der Waals surface area contributed by atoms with Crippen LogP contribution >= 0.6 is 0 Å². The number of aliphatic imine (C=N–C) groups is 1. The van der Waals surface area contributed by atoms with Gasteiger partial charge in [-0.2, -0.15) is 0 Å². The number of nitrogens with zero attached hydrogens (tertiary/aromatic N) is 2. The van der Waals surface area contributed by atoms with E-state index in [2.05, 4.69) is 48.0 Å². The molecule has 0 fully saturated rings. The first-order valence-electron chi connectivity index (χ1n) is 7.31. The quantitative estimate of drug-likeness (QED) is 0.444. The second-order valence-electron chi connectivity index (χ2n) is 4.72. The minimum Gasteiger partial charge on any atom is -0.294 e. The van der Waals surface area contributed by atoms with Crippen molar-refractivity contribution in [2.75, 3.05) is 0 Å². The van der Waals surface area contributed by atoms with Crippen molar-refractivity contribution < 1.29 is 0 Å². The molecule has 0 saturated carbocycles. The summed E-state index contributed by atoms with van der Waals surface area (Å²) in [7, 11) is 0. The van der Waals surface area contributed by atoms with Crippen LogP contribution in [0.3, 0.4) is 0 Å². The van der Waals surface area contributed by atoms with Gasteiger partial charge in [0.25, 0.3) is 0 Å². The van der Waals surface area contributed by atoms with Crippen molar-refractivity contribution in [2.45, 2.75) is 0 Å². The predicted octanol–water partition coefficient (Wildman–Crippen LogP) is 5.94. The van der Waals surface area contributed by atoms with Gasteiger partial charge in [-0.25, -0.2) is 4.99 Å². The van der Waals surface area contributed by atoms with E-state index in [0.29, 0.717) is 0 Å². The van der Waals surface area contributed by atoms with Gasteiger partial charge in [0.1, 0.15) is 5.82 Å². The highest BCUT2D eigenvalue weighted by molar-refractivity contribution is 5.99. The van der Waals surface area contributed by atoms with Crippen molar-refractivity contribution in [2.24, 2.45) is 4.99 Å². The second kappa shape index (κ2) is 7.76. The number of benzene rings is 1. The Hall–Kier alpha value is -3.13. The van der Waals surface area contributed by atoms with E-state index in [0.717, 1.165) is 28.0 Å². The van der Waals surface area contributed by atoms with Crippen LogP contribution in [-0.4, -0.2) is 10.8 Å². The molecular formula is C21H20N2. The van der Waals surface area contributed by atoms with E-state index >= 15 is 0 Å². The minimum absolute atomic E-state index is 0.805. The van der Waals surface area contributed by atoms with E-state index in [-0.39, 0.29) is 0 Å². The number of allylic oxidation sites excluding steroid dienone is 7. The van der Waals surface area contributed by atoms with Crippen LogP contribution in [0.4, 0.5) is 5.82 Å². The largest absolute Gasteiger partial charge is 0.294 e. The molecular weight excluding hydrogens is 280 g/mol. The number of aromatic nitrogens is 1. The number of rotatable bonds is 7. The molecule has 0 atom stereocenters. The highest BCUT2D eigenvalue weighted by Gasteiger charge is 2.15. The van der Waals surface area contributed by atoms with E-state index in [9.17, 15) is 0 Å². The number of fused-ring (bicyclic) bond motifs is 1. The molecule has 0 spiro atoms. The van der Waals surface area contributed by atoms with E-state index in [1.807, 2.05) is 36.4 Å². The third-order valence-electron chi connectivity index (χ3n) is 3.38. The third kappa shape index (κ3) is 3.22. The number of para-hydroxylation sites is 1. The first kappa shape index (κ1) is 16.2. The lowest BCUT2D eigenvalue weighted by molar-refractivity contribution is 1.16. The monoisotopic (exact) mass is 300 g/mol. The summed E-state index contributed by atoms with van der Waals surface area (Å²) in [5.41, 5.74) is 2.96. The number of hydrogen-bond donors (Lipinski definition) is 0. The lowest BCUT2D eigenvalue weighted by Gasteiger charge is -2.08. The van der Waals surface area contributed by atoms with Crippen molar-refractivity contribution in [3.8, 4) is 0 Å². The highest BCUT2D eigenvalue weighted by Crippen LogP contribution is 2.36. The Bertz CT molecular complexity index is 842. The van der Waals surface area contributed by atoms with E-state index < -0.39 is 0 Å². The topological polar surface area (TPSA) is 17.3 Å². The van der Waals surface area contributed by atoms with Crippen molar-refractivity contribution >= 4 is 34.7 Å². The van der Waals surface area contributed by atoms with Crippen LogP contribution in [0, 0.1) is 0 Å². The first-order chi connectivity index (χ1) is 11.3. The van der Waals surface area contributed by atoms with Crippen molar-refractivity contribution in [1.29, 1.82) is 0 Å². The van der Waals surface area contributed by atoms with Crippen LogP contribution < -0.4 is 0 Å². The Morgan fingerprint density at radius 2 is 1.78 bits per heavy atom. The van der Waals surface area contributed by atoms with Crippen LogP contribution in [0.1, 0.15) is 5.56 Å². The molecule has 0 radical (unpaired) electrons. The minimum atomic E-state index is 0.805. The first-order valence-corrected chi connectivity index (χ1v) is 7.31. The summed E-state index contributed by atoms with van der Waals surface area (Å²) in [6, 6.07) is 8.14. The van der Waals surface area contributed by atoms with Crippen LogP contribution in [0.2, 0.25) is 0 Å². The van der Waals surface area contributed by atoms with Crippen molar-refractivity contribution in [1.82, 2.24) is 4.57 Å². The van der Waals surface area contributed by atoms with Crippen molar-refractivity contribution in [3.05, 3.63) is 92.6 Å². The molecule has 1 heterocycles. The lowest BCUT2D eigenvalue weighted by Crippen LogP contribution is -1.94. The fourth-order valence-electron chi connectivity index (χ4n) is 2.43. The van der Waals surface area contributed by atoms with Gasteiger partial charge in [-0.3, -0.25) is 4.57 Å². The van der Waals surface area contributed by atoms with Crippen LogP contribution in [0.15, 0.2) is 92.0 Å². The summed E-state index contributed by atoms with van der Waals surface area (Å²) in [6.45, 7) is 15.3. The van der Waals surface area contributed by atoms with Gasteiger partial charge < -0.3 is 0 Å². The molecule has 0 N–H and O–H groups in total. The third-order valence-corrected chi connectivity index (χ3v) is 3.38. The van der Waals surface area contributed by atoms with Gasteiger partial charge in [0.2, 0.25) is 0 Å². The fraction of sp³-hybridized carbons (Fsp3) is 0.